The predicted octanol–water partition coefficient (Wildman–Crippen LogP) is 4.43. The lowest BCUT2D eigenvalue weighted by Crippen LogP contribution is -2.52. The van der Waals surface area contributed by atoms with E-state index in [0.29, 0.717) is 31.6 Å². The summed E-state index contributed by atoms with van der Waals surface area (Å²) >= 11 is 1.69. The van der Waals surface area contributed by atoms with Crippen LogP contribution in [0.4, 0.5) is 11.4 Å². The lowest BCUT2D eigenvalue weighted by molar-refractivity contribution is -0.140. The molecule has 1 spiro atoms. The minimum Gasteiger partial charge on any atom is -0.396 e. The number of nitrogens with zero attached hydrogens (tertiary/aromatic N) is 2. The van der Waals surface area contributed by atoms with E-state index in [1.807, 2.05) is 54.6 Å². The van der Waals surface area contributed by atoms with Crippen molar-refractivity contribution in [2.45, 2.75) is 75.0 Å². The number of anilines is 2. The third kappa shape index (κ3) is 5.53. The molecule has 5 rings (SSSR count). The van der Waals surface area contributed by atoms with Crippen LogP contribution >= 0.6 is 11.8 Å². The van der Waals surface area contributed by atoms with Crippen LogP contribution in [0.5, 0.6) is 0 Å². The molecular weight excluding hydrogens is 548 g/mol. The number of hydrogen-bond acceptors (Lipinski definition) is 6. The van der Waals surface area contributed by atoms with E-state index in [0.717, 1.165) is 43.6 Å². The van der Waals surface area contributed by atoms with Crippen molar-refractivity contribution in [3.8, 4) is 0 Å². The molecule has 226 valence electrons. The zero-order valence-corrected chi connectivity index (χ0v) is 25.8. The molecule has 0 aliphatic carbocycles. The topological polar surface area (TPSA) is 102 Å². The fraction of sp³-hybridized carbons (Fsp3) is 0.545. The molecule has 2 aromatic rings. The maximum absolute atomic E-state index is 14.2. The summed E-state index contributed by atoms with van der Waals surface area (Å²) in [5.74, 6) is -1.44. The van der Waals surface area contributed by atoms with Crippen LogP contribution in [0, 0.1) is 11.8 Å². The summed E-state index contributed by atoms with van der Waals surface area (Å²) in [6.07, 6.45) is 3.63. The van der Waals surface area contributed by atoms with Crippen LogP contribution in [0.1, 0.15) is 58.4 Å². The Bertz CT molecular complexity index is 1270. The van der Waals surface area contributed by atoms with E-state index in [1.165, 1.54) is 0 Å². The van der Waals surface area contributed by atoms with Gasteiger partial charge >= 0.3 is 0 Å². The quantitative estimate of drug-likeness (QED) is 0.298. The number of nitrogens with one attached hydrogen (secondary N) is 2. The smallest absolute Gasteiger partial charge is 0.248 e. The molecule has 2 unspecified atom stereocenters. The molecule has 3 heterocycles. The number of aliphatic hydroxyl groups excluding tert-OH is 1. The van der Waals surface area contributed by atoms with Crippen molar-refractivity contribution in [2.24, 2.45) is 11.8 Å². The fourth-order valence-electron chi connectivity index (χ4n) is 7.39. The highest BCUT2D eigenvalue weighted by Crippen LogP contribution is 2.71. The molecule has 42 heavy (non-hydrogen) atoms. The van der Waals surface area contributed by atoms with Gasteiger partial charge in [0, 0.05) is 48.9 Å². The van der Waals surface area contributed by atoms with Crippen LogP contribution in [-0.4, -0.2) is 69.5 Å². The number of carbonyl (C=O) groups excluding carboxylic acids is 3. The van der Waals surface area contributed by atoms with Crippen LogP contribution in [0.3, 0.4) is 0 Å². The summed E-state index contributed by atoms with van der Waals surface area (Å²) in [6.45, 7) is 9.07. The van der Waals surface area contributed by atoms with Gasteiger partial charge in [0.2, 0.25) is 17.7 Å². The Morgan fingerprint density at radius 3 is 2.38 bits per heavy atom. The van der Waals surface area contributed by atoms with Gasteiger partial charge in [-0.15, -0.1) is 11.8 Å². The van der Waals surface area contributed by atoms with Gasteiger partial charge < -0.3 is 25.5 Å². The average Bonchev–Trinajstić information content (AvgIpc) is 3.56. The monoisotopic (exact) mass is 592 g/mol. The number of amides is 3. The van der Waals surface area contributed by atoms with Crippen LogP contribution in [-0.2, 0) is 20.9 Å². The number of hydrogen-bond donors (Lipinski definition) is 3. The zero-order valence-electron chi connectivity index (χ0n) is 25.0. The van der Waals surface area contributed by atoms with Gasteiger partial charge in [-0.1, -0.05) is 30.3 Å². The molecule has 3 fully saturated rings. The molecule has 2 bridgehead atoms. The molecule has 3 aliphatic heterocycles. The molecule has 3 saturated heterocycles. The Kier molecular flexibility index (Phi) is 9.18. The molecule has 3 N–H and O–H groups in total. The van der Waals surface area contributed by atoms with E-state index >= 15 is 0 Å². The Balaban J connectivity index is 1.40. The number of rotatable bonds is 13. The molecule has 3 amide bonds. The Morgan fingerprint density at radius 1 is 1.00 bits per heavy atom. The molecule has 9 heteroatoms. The summed E-state index contributed by atoms with van der Waals surface area (Å²) in [7, 11) is 0. The SMILES string of the molecule is CCN(CC)c1ccc(NC(=O)C2N(CCCCCO)C(=O)[C@@H]3[C@H](C(=O)NCc4ccccc4)[C@]4(C)CCC23S4)cc1. The summed E-state index contributed by atoms with van der Waals surface area (Å²) in [4.78, 5) is 46.1. The number of carbonyl (C=O) groups is 3. The molecule has 0 saturated carbocycles. The zero-order chi connectivity index (χ0) is 29.9. The number of aliphatic hydroxyl groups is 1. The fourth-order valence-corrected chi connectivity index (χ4v) is 9.74. The van der Waals surface area contributed by atoms with Gasteiger partial charge in [-0.05, 0) is 82.7 Å². The standard InChI is InChI=1S/C33H44N4O4S/c1-4-36(5-2)25-16-14-24(15-17-25)35-30(40)28-33-19-18-32(3,42-33)26(29(39)34-22-23-12-8-6-9-13-23)27(33)31(41)37(28)20-10-7-11-21-38/h6,8-9,12-17,26-28,38H,4-5,7,10-11,18-22H2,1-3H3,(H,34,39)(H,35,40)/t26-,27+,28?,32+,33?/m1/s1. The lowest BCUT2D eigenvalue weighted by atomic mass is 9.66. The van der Waals surface area contributed by atoms with Gasteiger partial charge in [0.1, 0.15) is 6.04 Å². The van der Waals surface area contributed by atoms with E-state index in [-0.39, 0.29) is 24.3 Å². The van der Waals surface area contributed by atoms with Crippen molar-refractivity contribution in [2.75, 3.05) is 36.5 Å². The highest BCUT2D eigenvalue weighted by Gasteiger charge is 2.77. The number of fused-ring (bicyclic) bond motifs is 1. The van der Waals surface area contributed by atoms with Gasteiger partial charge in [-0.3, -0.25) is 14.4 Å². The molecule has 3 aliphatic rings. The second-order valence-corrected chi connectivity index (χ2v) is 13.9. The molecular formula is C33H44N4O4S. The molecule has 0 aromatic heterocycles. The van der Waals surface area contributed by atoms with Crippen molar-refractivity contribution >= 4 is 40.9 Å². The largest absolute Gasteiger partial charge is 0.396 e. The summed E-state index contributed by atoms with van der Waals surface area (Å²) in [5, 5.41) is 15.5. The maximum atomic E-state index is 14.2. The van der Waals surface area contributed by atoms with Gasteiger partial charge in [0.25, 0.3) is 0 Å². The second kappa shape index (κ2) is 12.7. The van der Waals surface area contributed by atoms with Crippen LogP contribution in [0.25, 0.3) is 0 Å². The van der Waals surface area contributed by atoms with Crippen molar-refractivity contribution < 1.29 is 19.5 Å². The minimum atomic E-state index is -0.662. The van der Waals surface area contributed by atoms with Crippen LogP contribution < -0.4 is 15.5 Å². The highest BCUT2D eigenvalue weighted by atomic mass is 32.2. The van der Waals surface area contributed by atoms with E-state index in [2.05, 4.69) is 36.3 Å². The van der Waals surface area contributed by atoms with Crippen molar-refractivity contribution in [3.63, 3.8) is 0 Å². The van der Waals surface area contributed by atoms with Crippen molar-refractivity contribution in [1.82, 2.24) is 10.2 Å². The molecule has 8 nitrogen and oxygen atoms in total. The van der Waals surface area contributed by atoms with Gasteiger partial charge in [-0.2, -0.15) is 0 Å². The Morgan fingerprint density at radius 2 is 1.71 bits per heavy atom. The summed E-state index contributed by atoms with van der Waals surface area (Å²) < 4.78 is -1.06. The maximum Gasteiger partial charge on any atom is 0.248 e. The van der Waals surface area contributed by atoms with Gasteiger partial charge in [0.15, 0.2) is 0 Å². The minimum absolute atomic E-state index is 0.0909. The first-order valence-corrected chi connectivity index (χ1v) is 16.2. The first-order valence-electron chi connectivity index (χ1n) is 15.4. The molecule has 2 aromatic carbocycles. The third-order valence-electron chi connectivity index (χ3n) is 9.44. The predicted molar refractivity (Wildman–Crippen MR) is 168 cm³/mol. The third-order valence-corrected chi connectivity index (χ3v) is 11.4. The Hall–Kier alpha value is -3.04. The van der Waals surface area contributed by atoms with Crippen molar-refractivity contribution in [3.05, 3.63) is 60.2 Å². The number of unbranched alkanes of at least 4 members (excludes halogenated alkanes) is 2. The van der Waals surface area contributed by atoms with Crippen LogP contribution in [0.15, 0.2) is 54.6 Å². The number of benzene rings is 2. The highest BCUT2D eigenvalue weighted by molar-refractivity contribution is 8.02. The van der Waals surface area contributed by atoms with Crippen LogP contribution in [0.2, 0.25) is 0 Å². The van der Waals surface area contributed by atoms with Crippen molar-refractivity contribution in [1.29, 1.82) is 0 Å². The normalized spacial score (nSPS) is 27.7. The van der Waals surface area contributed by atoms with E-state index in [1.54, 1.807) is 16.7 Å². The van der Waals surface area contributed by atoms with Gasteiger partial charge in [0.05, 0.1) is 16.6 Å². The number of likely N-dealkylation sites (tertiary alicyclic amines) is 1. The first-order chi connectivity index (χ1) is 20.3. The van der Waals surface area contributed by atoms with E-state index in [9.17, 15) is 19.5 Å². The van der Waals surface area contributed by atoms with E-state index < -0.39 is 27.4 Å². The Labute approximate surface area is 253 Å². The lowest BCUT2D eigenvalue weighted by Gasteiger charge is -2.35. The van der Waals surface area contributed by atoms with Gasteiger partial charge in [-0.25, -0.2) is 0 Å². The molecule has 5 atom stereocenters. The van der Waals surface area contributed by atoms with E-state index in [4.69, 9.17) is 0 Å². The number of thioether (sulfide) groups is 1. The molecule has 0 radical (unpaired) electrons. The summed E-state index contributed by atoms with van der Waals surface area (Å²) in [6, 6.07) is 17.0. The first kappa shape index (κ1) is 30.4. The second-order valence-electron chi connectivity index (χ2n) is 12.0. The summed E-state index contributed by atoms with van der Waals surface area (Å²) in [5.41, 5.74) is 2.80. The average molecular weight is 593 g/mol.